The van der Waals surface area contributed by atoms with Crippen LogP contribution in [-0.2, 0) is 6.54 Å². The van der Waals surface area contributed by atoms with E-state index in [4.69, 9.17) is 0 Å². The van der Waals surface area contributed by atoms with Gasteiger partial charge in [0, 0.05) is 25.3 Å². The van der Waals surface area contributed by atoms with Crippen molar-refractivity contribution in [2.24, 2.45) is 0 Å². The molecular weight excluding hydrogens is 251 g/mol. The molecule has 0 atom stereocenters. The molecule has 2 aromatic carbocycles. The molecule has 0 heterocycles. The van der Waals surface area contributed by atoms with Crippen LogP contribution in [0.3, 0.4) is 0 Å². The molecule has 0 aliphatic heterocycles. The molecule has 1 aliphatic rings. The fourth-order valence-electron chi connectivity index (χ4n) is 2.27. The Balaban J connectivity index is 1.76. The number of rotatable bonds is 5. The van der Waals surface area contributed by atoms with Gasteiger partial charge in [0.2, 0.25) is 0 Å². The minimum Gasteiger partial charge on any atom is -0.342 e. The summed E-state index contributed by atoms with van der Waals surface area (Å²) in [6.45, 7) is 0.747. The lowest BCUT2D eigenvalue weighted by atomic mass is 10.1. The van der Waals surface area contributed by atoms with Crippen molar-refractivity contribution >= 4 is 11.4 Å². The van der Waals surface area contributed by atoms with Crippen LogP contribution < -0.4 is 10.2 Å². The number of nitrogens with zero attached hydrogens (tertiary/aromatic N) is 1. The molecule has 0 aromatic heterocycles. The summed E-state index contributed by atoms with van der Waals surface area (Å²) < 4.78 is 14.3. The highest BCUT2D eigenvalue weighted by Gasteiger charge is 2.20. The molecule has 2 aromatic rings. The smallest absolute Gasteiger partial charge is 0.147 e. The van der Waals surface area contributed by atoms with Gasteiger partial charge >= 0.3 is 0 Å². The van der Waals surface area contributed by atoms with Gasteiger partial charge in [-0.3, -0.25) is 0 Å². The predicted molar refractivity (Wildman–Crippen MR) is 80.8 cm³/mol. The van der Waals surface area contributed by atoms with Crippen LogP contribution in [0.1, 0.15) is 18.4 Å². The fourth-order valence-corrected chi connectivity index (χ4v) is 2.27. The lowest BCUT2D eigenvalue weighted by molar-refractivity contribution is 0.619. The van der Waals surface area contributed by atoms with Crippen molar-refractivity contribution < 1.29 is 4.39 Å². The highest BCUT2D eigenvalue weighted by molar-refractivity contribution is 5.63. The zero-order valence-corrected chi connectivity index (χ0v) is 11.6. The zero-order chi connectivity index (χ0) is 13.9. The van der Waals surface area contributed by atoms with E-state index in [0.717, 1.165) is 17.8 Å². The molecule has 104 valence electrons. The van der Waals surface area contributed by atoms with Gasteiger partial charge in [-0.2, -0.15) is 0 Å². The van der Waals surface area contributed by atoms with Crippen LogP contribution in [0.4, 0.5) is 15.8 Å². The minimum absolute atomic E-state index is 0.175. The quantitative estimate of drug-likeness (QED) is 0.888. The largest absolute Gasteiger partial charge is 0.342 e. The van der Waals surface area contributed by atoms with E-state index in [1.165, 1.54) is 12.8 Å². The summed E-state index contributed by atoms with van der Waals surface area (Å²) in [7, 11) is 1.88. The van der Waals surface area contributed by atoms with Crippen molar-refractivity contribution in [1.82, 2.24) is 5.32 Å². The first-order chi connectivity index (χ1) is 9.74. The summed E-state index contributed by atoms with van der Waals surface area (Å²) >= 11 is 0. The van der Waals surface area contributed by atoms with Crippen LogP contribution in [0.2, 0.25) is 0 Å². The second-order valence-corrected chi connectivity index (χ2v) is 5.34. The van der Waals surface area contributed by atoms with Crippen LogP contribution in [0.15, 0.2) is 48.5 Å². The van der Waals surface area contributed by atoms with Gasteiger partial charge in [-0.1, -0.05) is 24.3 Å². The average Bonchev–Trinajstić information content (AvgIpc) is 3.30. The molecule has 0 amide bonds. The normalized spacial score (nSPS) is 14.3. The first kappa shape index (κ1) is 13.1. The van der Waals surface area contributed by atoms with Gasteiger partial charge in [-0.25, -0.2) is 4.39 Å². The molecule has 0 spiro atoms. The van der Waals surface area contributed by atoms with E-state index in [1.807, 2.05) is 54.4 Å². The van der Waals surface area contributed by atoms with Crippen molar-refractivity contribution in [3.8, 4) is 0 Å². The maximum atomic E-state index is 14.3. The van der Waals surface area contributed by atoms with Gasteiger partial charge in [0.25, 0.3) is 0 Å². The maximum Gasteiger partial charge on any atom is 0.147 e. The molecule has 0 saturated heterocycles. The van der Waals surface area contributed by atoms with Gasteiger partial charge in [-0.05, 0) is 42.7 Å². The van der Waals surface area contributed by atoms with Crippen molar-refractivity contribution in [2.45, 2.75) is 25.4 Å². The van der Waals surface area contributed by atoms with E-state index in [9.17, 15) is 4.39 Å². The third kappa shape index (κ3) is 2.99. The number of benzene rings is 2. The van der Waals surface area contributed by atoms with Crippen molar-refractivity contribution in [2.75, 3.05) is 11.9 Å². The van der Waals surface area contributed by atoms with Crippen LogP contribution in [0, 0.1) is 5.82 Å². The van der Waals surface area contributed by atoms with Crippen LogP contribution in [0.25, 0.3) is 0 Å². The SMILES string of the molecule is CN(c1ccccc1)c1ccc(CNC2CC2)cc1F. The molecule has 1 fully saturated rings. The monoisotopic (exact) mass is 270 g/mol. The summed E-state index contributed by atoms with van der Waals surface area (Å²) in [4.78, 5) is 1.87. The van der Waals surface area contributed by atoms with Gasteiger partial charge < -0.3 is 10.2 Å². The molecule has 3 rings (SSSR count). The predicted octanol–water partition coefficient (Wildman–Crippen LogP) is 3.85. The Bertz CT molecular complexity index is 579. The van der Waals surface area contributed by atoms with E-state index in [2.05, 4.69) is 5.32 Å². The molecule has 0 bridgehead atoms. The number of nitrogens with one attached hydrogen (secondary N) is 1. The Hall–Kier alpha value is -1.87. The molecule has 20 heavy (non-hydrogen) atoms. The summed E-state index contributed by atoms with van der Waals surface area (Å²) in [5.74, 6) is -0.175. The summed E-state index contributed by atoms with van der Waals surface area (Å²) in [5.41, 5.74) is 2.58. The van der Waals surface area contributed by atoms with Crippen molar-refractivity contribution in [1.29, 1.82) is 0 Å². The first-order valence-electron chi connectivity index (χ1n) is 7.04. The molecule has 1 aliphatic carbocycles. The second kappa shape index (κ2) is 5.63. The summed E-state index contributed by atoms with van der Waals surface area (Å²) in [6.07, 6.45) is 2.49. The van der Waals surface area contributed by atoms with Crippen LogP contribution in [0.5, 0.6) is 0 Å². The van der Waals surface area contributed by atoms with Crippen molar-refractivity contribution in [3.05, 3.63) is 59.9 Å². The molecule has 1 saturated carbocycles. The lowest BCUT2D eigenvalue weighted by Crippen LogP contribution is -2.16. The minimum atomic E-state index is -0.175. The Labute approximate surface area is 119 Å². The number of hydrogen-bond donors (Lipinski definition) is 1. The van der Waals surface area contributed by atoms with Gasteiger partial charge in [0.15, 0.2) is 0 Å². The maximum absolute atomic E-state index is 14.3. The molecule has 0 unspecified atom stereocenters. The second-order valence-electron chi connectivity index (χ2n) is 5.34. The Morgan fingerprint density at radius 2 is 1.90 bits per heavy atom. The van der Waals surface area contributed by atoms with E-state index in [-0.39, 0.29) is 5.82 Å². The standard InChI is InChI=1S/C17H19FN2/c1-20(15-5-3-2-4-6-15)17-10-7-13(11-16(17)18)12-19-14-8-9-14/h2-7,10-11,14,19H,8-9,12H2,1H3. The number of halogens is 1. The van der Waals surface area contributed by atoms with E-state index >= 15 is 0 Å². The highest BCUT2D eigenvalue weighted by atomic mass is 19.1. The lowest BCUT2D eigenvalue weighted by Gasteiger charge is -2.20. The average molecular weight is 270 g/mol. The van der Waals surface area contributed by atoms with Crippen LogP contribution in [-0.4, -0.2) is 13.1 Å². The molecule has 0 radical (unpaired) electrons. The zero-order valence-electron chi connectivity index (χ0n) is 11.6. The summed E-state index contributed by atoms with van der Waals surface area (Å²) in [5, 5.41) is 3.40. The number of para-hydroxylation sites is 1. The van der Waals surface area contributed by atoms with Gasteiger partial charge in [-0.15, -0.1) is 0 Å². The van der Waals surface area contributed by atoms with E-state index in [0.29, 0.717) is 11.7 Å². The number of hydrogen-bond acceptors (Lipinski definition) is 2. The van der Waals surface area contributed by atoms with E-state index < -0.39 is 0 Å². The number of anilines is 2. The van der Waals surface area contributed by atoms with Gasteiger partial charge in [0.05, 0.1) is 5.69 Å². The van der Waals surface area contributed by atoms with Gasteiger partial charge in [0.1, 0.15) is 5.82 Å². The molecule has 3 heteroatoms. The third-order valence-corrected chi connectivity index (χ3v) is 3.69. The van der Waals surface area contributed by atoms with Crippen molar-refractivity contribution in [3.63, 3.8) is 0 Å². The Kier molecular flexibility index (Phi) is 3.70. The molecular formula is C17H19FN2. The first-order valence-corrected chi connectivity index (χ1v) is 7.04. The van der Waals surface area contributed by atoms with Crippen LogP contribution >= 0.6 is 0 Å². The highest BCUT2D eigenvalue weighted by Crippen LogP contribution is 2.27. The van der Waals surface area contributed by atoms with E-state index in [1.54, 1.807) is 6.07 Å². The topological polar surface area (TPSA) is 15.3 Å². The Morgan fingerprint density at radius 3 is 2.55 bits per heavy atom. The Morgan fingerprint density at radius 1 is 1.15 bits per heavy atom. The fraction of sp³-hybridized carbons (Fsp3) is 0.294. The third-order valence-electron chi connectivity index (χ3n) is 3.69. The molecule has 1 N–H and O–H groups in total. The molecule has 2 nitrogen and oxygen atoms in total. The summed E-state index contributed by atoms with van der Waals surface area (Å²) in [6, 6.07) is 15.9.